The fourth-order valence-corrected chi connectivity index (χ4v) is 1.11. The molecule has 0 rings (SSSR count). The lowest BCUT2D eigenvalue weighted by atomic mass is 11.7. The molecule has 0 atom stereocenters. The van der Waals surface area contributed by atoms with Crippen LogP contribution in [0.1, 0.15) is 0 Å². The van der Waals surface area contributed by atoms with Gasteiger partial charge in [-0.15, -0.1) is 0 Å². The van der Waals surface area contributed by atoms with Crippen LogP contribution in [-0.2, 0) is 23.9 Å². The van der Waals surface area contributed by atoms with Crippen LogP contribution in [-0.4, -0.2) is 25.6 Å². The molecular formula is C2H6O6S2. The van der Waals surface area contributed by atoms with Crippen molar-refractivity contribution in [3.8, 4) is 0 Å². The van der Waals surface area contributed by atoms with Gasteiger partial charge in [-0.25, -0.2) is 13.7 Å². The Morgan fingerprint density at radius 1 is 1.40 bits per heavy atom. The van der Waals surface area contributed by atoms with Crippen LogP contribution < -0.4 is 0 Å². The van der Waals surface area contributed by atoms with Gasteiger partial charge >= 0.3 is 0 Å². The summed E-state index contributed by atoms with van der Waals surface area (Å²) in [7, 11) is -3.50. The van der Waals surface area contributed by atoms with E-state index in [4.69, 9.17) is 5.26 Å². The van der Waals surface area contributed by atoms with Gasteiger partial charge in [-0.1, -0.05) is 5.04 Å². The van der Waals surface area contributed by atoms with Crippen molar-refractivity contribution in [3.05, 3.63) is 0 Å². The molecule has 0 aliphatic heterocycles. The molecule has 0 aromatic heterocycles. The zero-order chi connectivity index (χ0) is 8.04. The van der Waals surface area contributed by atoms with Crippen molar-refractivity contribution in [2.45, 2.75) is 0 Å². The minimum Gasteiger partial charge on any atom is -0.302 e. The number of thiol groups is 1. The zero-order valence-electron chi connectivity index (χ0n) is 4.76. The van der Waals surface area contributed by atoms with Crippen LogP contribution in [0.25, 0.3) is 0 Å². The summed E-state index contributed by atoms with van der Waals surface area (Å²) in [6.45, 7) is 0. The van der Waals surface area contributed by atoms with Crippen molar-refractivity contribution in [1.82, 2.24) is 0 Å². The second-order valence-corrected chi connectivity index (χ2v) is 3.52. The fourth-order valence-electron chi connectivity index (χ4n) is 0.209. The summed E-state index contributed by atoms with van der Waals surface area (Å²) < 4.78 is 25.0. The molecule has 0 aliphatic carbocycles. The monoisotopic (exact) mass is 190 g/mol. The summed E-state index contributed by atoms with van der Waals surface area (Å²) in [6, 6.07) is 0. The summed E-state index contributed by atoms with van der Waals surface area (Å²) in [5, 5.41) is 10.6. The smallest absolute Gasteiger partial charge is 0.202 e. The lowest BCUT2D eigenvalue weighted by molar-refractivity contribution is -0.483. The molecule has 0 heterocycles. The molecule has 0 aromatic rings. The maximum atomic E-state index is 10.5. The van der Waals surface area contributed by atoms with Gasteiger partial charge in [-0.2, -0.15) is 4.89 Å². The SMILES string of the molecule is O=S(=O)(COS)COOO. The van der Waals surface area contributed by atoms with Crippen molar-refractivity contribution in [2.24, 2.45) is 0 Å². The molecule has 0 fully saturated rings. The fraction of sp³-hybridized carbons (Fsp3) is 1.00. The molecule has 0 saturated carbocycles. The zero-order valence-corrected chi connectivity index (χ0v) is 6.47. The number of sulfone groups is 1. The standard InChI is InChI=1S/C2H6O6S2/c3-8-6-1-10(4,5)2-7-9/h3,9H,1-2H2. The first kappa shape index (κ1) is 10.1. The molecule has 1 N–H and O–H groups in total. The molecule has 0 aliphatic rings. The molecule has 6 nitrogen and oxygen atoms in total. The van der Waals surface area contributed by atoms with E-state index in [1.54, 1.807) is 0 Å². The Kier molecular flexibility index (Phi) is 4.95. The second kappa shape index (κ2) is 4.88. The van der Waals surface area contributed by atoms with Crippen molar-refractivity contribution >= 4 is 22.7 Å². The van der Waals surface area contributed by atoms with Crippen molar-refractivity contribution in [3.63, 3.8) is 0 Å². The summed E-state index contributed by atoms with van der Waals surface area (Å²) in [5.41, 5.74) is 0. The minimum atomic E-state index is -3.50. The van der Waals surface area contributed by atoms with E-state index in [0.717, 1.165) is 0 Å². The van der Waals surface area contributed by atoms with E-state index in [-0.39, 0.29) is 0 Å². The average Bonchev–Trinajstić information content (AvgIpc) is 1.84. The van der Waals surface area contributed by atoms with Crippen LogP contribution in [0.2, 0.25) is 0 Å². The molecule has 0 amide bonds. The van der Waals surface area contributed by atoms with Gasteiger partial charge in [0.05, 0.1) is 0 Å². The molecule has 8 heteroatoms. The maximum Gasteiger partial charge on any atom is 0.202 e. The van der Waals surface area contributed by atoms with E-state index >= 15 is 0 Å². The van der Waals surface area contributed by atoms with E-state index in [9.17, 15) is 8.42 Å². The molecular weight excluding hydrogens is 184 g/mol. The maximum absolute atomic E-state index is 10.5. The molecule has 0 saturated heterocycles. The van der Waals surface area contributed by atoms with Gasteiger partial charge in [0.25, 0.3) is 0 Å². The molecule has 0 radical (unpaired) electrons. The minimum absolute atomic E-state index is 0.598. The van der Waals surface area contributed by atoms with Crippen LogP contribution in [0, 0.1) is 0 Å². The van der Waals surface area contributed by atoms with E-state index in [2.05, 4.69) is 27.0 Å². The van der Waals surface area contributed by atoms with Crippen LogP contribution in [0.4, 0.5) is 0 Å². The van der Waals surface area contributed by atoms with Gasteiger partial charge in [-0.05, 0) is 12.9 Å². The Bertz CT molecular complexity index is 161. The summed E-state index contributed by atoms with van der Waals surface area (Å²) in [6.07, 6.45) is 0. The van der Waals surface area contributed by atoms with Gasteiger partial charge in [0, 0.05) is 0 Å². The summed E-state index contributed by atoms with van der Waals surface area (Å²) >= 11 is 3.20. The van der Waals surface area contributed by atoms with Crippen LogP contribution in [0.5, 0.6) is 0 Å². The molecule has 62 valence electrons. The van der Waals surface area contributed by atoms with Gasteiger partial charge in [0.15, 0.2) is 11.9 Å². The number of rotatable bonds is 5. The molecule has 0 aromatic carbocycles. The number of hydrogen-bond donors (Lipinski definition) is 2. The highest BCUT2D eigenvalue weighted by molar-refractivity contribution is 7.91. The third kappa shape index (κ3) is 4.97. The first-order valence-corrected chi connectivity index (χ1v) is 4.21. The first-order valence-electron chi connectivity index (χ1n) is 2.02. The lowest BCUT2D eigenvalue weighted by Gasteiger charge is -1.98. The highest BCUT2D eigenvalue weighted by atomic mass is 32.2. The lowest BCUT2D eigenvalue weighted by Crippen LogP contribution is -2.13. The normalized spacial score (nSPS) is 11.8. The van der Waals surface area contributed by atoms with Gasteiger partial charge < -0.3 is 4.18 Å². The Labute approximate surface area is 63.1 Å². The third-order valence-corrected chi connectivity index (χ3v) is 1.75. The molecule has 0 bridgehead atoms. The largest absolute Gasteiger partial charge is 0.302 e. The van der Waals surface area contributed by atoms with E-state index in [1.165, 1.54) is 0 Å². The molecule has 0 spiro atoms. The topological polar surface area (TPSA) is 82.1 Å². The van der Waals surface area contributed by atoms with Gasteiger partial charge in [0.1, 0.15) is 0 Å². The van der Waals surface area contributed by atoms with Crippen molar-refractivity contribution in [2.75, 3.05) is 11.9 Å². The highest BCUT2D eigenvalue weighted by Crippen LogP contribution is 1.93. The van der Waals surface area contributed by atoms with Crippen LogP contribution >= 0.6 is 12.9 Å². The Balaban J connectivity index is 3.65. The van der Waals surface area contributed by atoms with Gasteiger partial charge in [0.2, 0.25) is 9.84 Å². The predicted octanol–water partition coefficient (Wildman–Crippen LogP) is -0.401. The quantitative estimate of drug-likeness (QED) is 0.265. The Morgan fingerprint density at radius 3 is 2.40 bits per heavy atom. The van der Waals surface area contributed by atoms with Crippen LogP contribution in [0.3, 0.4) is 0 Å². The second-order valence-electron chi connectivity index (χ2n) is 1.30. The first-order chi connectivity index (χ1) is 4.62. The molecule has 0 unspecified atom stereocenters. The Morgan fingerprint density at radius 2 is 2.00 bits per heavy atom. The summed E-state index contributed by atoms with van der Waals surface area (Å²) in [4.78, 5) is 3.70. The van der Waals surface area contributed by atoms with Crippen molar-refractivity contribution in [1.29, 1.82) is 0 Å². The average molecular weight is 190 g/mol. The number of hydrogen-bond acceptors (Lipinski definition) is 7. The van der Waals surface area contributed by atoms with Gasteiger partial charge in [-0.3, -0.25) is 0 Å². The highest BCUT2D eigenvalue weighted by Gasteiger charge is 2.10. The predicted molar refractivity (Wildman–Crippen MR) is 33.5 cm³/mol. The van der Waals surface area contributed by atoms with E-state index < -0.39 is 21.7 Å². The molecule has 10 heavy (non-hydrogen) atoms. The van der Waals surface area contributed by atoms with E-state index in [1.807, 2.05) is 0 Å². The van der Waals surface area contributed by atoms with Crippen LogP contribution in [0.15, 0.2) is 0 Å². The Hall–Kier alpha value is 0.140. The summed E-state index contributed by atoms with van der Waals surface area (Å²) in [5.74, 6) is -1.37. The third-order valence-electron chi connectivity index (χ3n) is 0.513. The van der Waals surface area contributed by atoms with Crippen molar-refractivity contribution < 1.29 is 27.8 Å². The van der Waals surface area contributed by atoms with E-state index in [0.29, 0.717) is 0 Å².